The highest BCUT2D eigenvalue weighted by Gasteiger charge is 2.20. The Hall–Kier alpha value is -2.47. The first-order chi connectivity index (χ1) is 13.2. The first-order valence-corrected chi connectivity index (χ1v) is 10.3. The molecule has 1 N–H and O–H groups in total. The summed E-state index contributed by atoms with van der Waals surface area (Å²) in [5, 5.41) is 3.64. The van der Waals surface area contributed by atoms with Crippen molar-refractivity contribution in [1.29, 1.82) is 0 Å². The maximum atomic E-state index is 12.9. The molecule has 1 aromatic carbocycles. The maximum Gasteiger partial charge on any atom is 0.262 e. The van der Waals surface area contributed by atoms with Crippen molar-refractivity contribution in [3.05, 3.63) is 63.0 Å². The second-order valence-corrected chi connectivity index (χ2v) is 8.09. The molecule has 0 saturated heterocycles. The molecule has 0 spiro atoms. The third-order valence-electron chi connectivity index (χ3n) is 5.06. The van der Waals surface area contributed by atoms with Gasteiger partial charge in [-0.25, -0.2) is 4.98 Å². The Kier molecular flexibility index (Phi) is 5.34. The number of amides is 1. The van der Waals surface area contributed by atoms with E-state index in [1.165, 1.54) is 27.8 Å². The van der Waals surface area contributed by atoms with Gasteiger partial charge < -0.3 is 5.32 Å². The Balaban J connectivity index is 1.38. The molecule has 1 aliphatic rings. The third kappa shape index (κ3) is 3.95. The van der Waals surface area contributed by atoms with E-state index in [4.69, 9.17) is 0 Å². The second kappa shape index (κ2) is 8.05. The van der Waals surface area contributed by atoms with Crippen LogP contribution in [0.25, 0.3) is 10.2 Å². The van der Waals surface area contributed by atoms with Crippen molar-refractivity contribution < 1.29 is 4.79 Å². The smallest absolute Gasteiger partial charge is 0.262 e. The van der Waals surface area contributed by atoms with Crippen LogP contribution in [0.2, 0.25) is 0 Å². The molecule has 2 aromatic heterocycles. The molecule has 140 valence electrons. The van der Waals surface area contributed by atoms with Crippen molar-refractivity contribution in [1.82, 2.24) is 14.9 Å². The lowest BCUT2D eigenvalue weighted by Gasteiger charge is -2.10. The molecular weight excluding hydrogens is 358 g/mol. The van der Waals surface area contributed by atoms with Gasteiger partial charge in [-0.15, -0.1) is 11.3 Å². The normalized spacial score (nSPS) is 13.5. The Morgan fingerprint density at radius 1 is 1.19 bits per heavy atom. The number of aromatic nitrogens is 2. The van der Waals surface area contributed by atoms with Gasteiger partial charge in [0.25, 0.3) is 5.56 Å². The standard InChI is InChI=1S/C21H23N3O2S/c25-18(22-12-6-9-15-7-2-1-3-8-15)13-24-14-23-20-19(21(24)26)16-10-4-5-11-17(16)27-20/h1-3,7-8,14H,4-6,9-13H2,(H,22,25). The largest absolute Gasteiger partial charge is 0.355 e. The van der Waals surface area contributed by atoms with Crippen LogP contribution in [0.15, 0.2) is 41.5 Å². The second-order valence-electron chi connectivity index (χ2n) is 7.01. The summed E-state index contributed by atoms with van der Waals surface area (Å²) in [6.07, 6.45) is 7.60. The van der Waals surface area contributed by atoms with E-state index in [2.05, 4.69) is 22.4 Å². The number of carbonyl (C=O) groups excluding carboxylic acids is 1. The van der Waals surface area contributed by atoms with Crippen LogP contribution in [-0.2, 0) is 30.6 Å². The fraction of sp³-hybridized carbons (Fsp3) is 0.381. The Labute approximate surface area is 162 Å². The predicted molar refractivity (Wildman–Crippen MR) is 108 cm³/mol. The Morgan fingerprint density at radius 2 is 2.00 bits per heavy atom. The SMILES string of the molecule is O=C(Cn1cnc2sc3c(c2c1=O)CCCC3)NCCCc1ccccc1. The van der Waals surface area contributed by atoms with Crippen LogP contribution < -0.4 is 10.9 Å². The molecule has 5 nitrogen and oxygen atoms in total. The van der Waals surface area contributed by atoms with Crippen LogP contribution in [-0.4, -0.2) is 22.0 Å². The van der Waals surface area contributed by atoms with E-state index in [1.54, 1.807) is 11.3 Å². The van der Waals surface area contributed by atoms with Crippen molar-refractivity contribution in [2.24, 2.45) is 0 Å². The number of carbonyl (C=O) groups is 1. The Bertz CT molecular complexity index is 1010. The molecule has 2 heterocycles. The highest BCUT2D eigenvalue weighted by molar-refractivity contribution is 7.18. The molecule has 6 heteroatoms. The summed E-state index contributed by atoms with van der Waals surface area (Å²) in [6, 6.07) is 10.2. The van der Waals surface area contributed by atoms with Gasteiger partial charge in [0.2, 0.25) is 5.91 Å². The van der Waals surface area contributed by atoms with Gasteiger partial charge in [0, 0.05) is 11.4 Å². The van der Waals surface area contributed by atoms with Crippen LogP contribution >= 0.6 is 11.3 Å². The summed E-state index contributed by atoms with van der Waals surface area (Å²) in [6.45, 7) is 0.629. The lowest BCUT2D eigenvalue weighted by Crippen LogP contribution is -2.33. The van der Waals surface area contributed by atoms with Gasteiger partial charge in [0.05, 0.1) is 11.7 Å². The zero-order chi connectivity index (χ0) is 18.6. The van der Waals surface area contributed by atoms with Crippen molar-refractivity contribution in [2.45, 2.75) is 45.1 Å². The van der Waals surface area contributed by atoms with E-state index in [0.717, 1.165) is 47.9 Å². The lowest BCUT2D eigenvalue weighted by molar-refractivity contribution is -0.121. The van der Waals surface area contributed by atoms with Gasteiger partial charge in [0.15, 0.2) is 0 Å². The van der Waals surface area contributed by atoms with Crippen LogP contribution in [0.5, 0.6) is 0 Å². The molecule has 27 heavy (non-hydrogen) atoms. The third-order valence-corrected chi connectivity index (χ3v) is 6.26. The number of nitrogens with zero attached hydrogens (tertiary/aromatic N) is 2. The van der Waals surface area contributed by atoms with Gasteiger partial charge >= 0.3 is 0 Å². The van der Waals surface area contributed by atoms with Gasteiger partial charge in [-0.1, -0.05) is 30.3 Å². The molecule has 4 rings (SSSR count). The first kappa shape index (κ1) is 17.9. The average Bonchev–Trinajstić information content (AvgIpc) is 3.07. The predicted octanol–water partition coefficient (Wildman–Crippen LogP) is 3.09. The molecule has 0 aliphatic heterocycles. The topological polar surface area (TPSA) is 64.0 Å². The molecular formula is C21H23N3O2S. The monoisotopic (exact) mass is 381 g/mol. The number of benzene rings is 1. The summed E-state index contributed by atoms with van der Waals surface area (Å²) < 4.78 is 1.44. The van der Waals surface area contributed by atoms with Gasteiger partial charge in [-0.2, -0.15) is 0 Å². The summed E-state index contributed by atoms with van der Waals surface area (Å²) in [7, 11) is 0. The van der Waals surface area contributed by atoms with E-state index in [-0.39, 0.29) is 18.0 Å². The zero-order valence-corrected chi connectivity index (χ0v) is 16.1. The molecule has 1 aliphatic carbocycles. The highest BCUT2D eigenvalue weighted by atomic mass is 32.1. The summed E-state index contributed by atoms with van der Waals surface area (Å²) >= 11 is 1.63. The minimum atomic E-state index is -0.143. The van der Waals surface area contributed by atoms with E-state index in [9.17, 15) is 9.59 Å². The number of fused-ring (bicyclic) bond motifs is 3. The molecule has 1 amide bonds. The number of hydrogen-bond donors (Lipinski definition) is 1. The van der Waals surface area contributed by atoms with Gasteiger partial charge in [0.1, 0.15) is 11.4 Å². The van der Waals surface area contributed by atoms with E-state index >= 15 is 0 Å². The molecule has 3 aromatic rings. The van der Waals surface area contributed by atoms with Crippen molar-refractivity contribution in [3.63, 3.8) is 0 Å². The van der Waals surface area contributed by atoms with Gasteiger partial charge in [-0.05, 0) is 49.7 Å². The van der Waals surface area contributed by atoms with Crippen LogP contribution in [0, 0.1) is 0 Å². The zero-order valence-electron chi connectivity index (χ0n) is 15.2. The number of thiophene rings is 1. The summed E-state index contributed by atoms with van der Waals surface area (Å²) in [5.41, 5.74) is 2.34. The number of nitrogens with one attached hydrogen (secondary N) is 1. The minimum absolute atomic E-state index is 0.0255. The Morgan fingerprint density at radius 3 is 2.85 bits per heavy atom. The molecule has 0 bridgehead atoms. The van der Waals surface area contributed by atoms with E-state index in [0.29, 0.717) is 6.54 Å². The minimum Gasteiger partial charge on any atom is -0.355 e. The van der Waals surface area contributed by atoms with Gasteiger partial charge in [-0.3, -0.25) is 14.2 Å². The van der Waals surface area contributed by atoms with E-state index in [1.807, 2.05) is 18.2 Å². The number of hydrogen-bond acceptors (Lipinski definition) is 4. The van der Waals surface area contributed by atoms with Crippen molar-refractivity contribution in [2.75, 3.05) is 6.54 Å². The average molecular weight is 382 g/mol. The van der Waals surface area contributed by atoms with E-state index < -0.39 is 0 Å². The molecule has 0 atom stereocenters. The first-order valence-electron chi connectivity index (χ1n) is 9.52. The highest BCUT2D eigenvalue weighted by Crippen LogP contribution is 2.33. The van der Waals surface area contributed by atoms with Crippen molar-refractivity contribution >= 4 is 27.5 Å². The summed E-state index contributed by atoms with van der Waals surface area (Å²) in [5.74, 6) is -0.143. The van der Waals surface area contributed by atoms with Crippen LogP contribution in [0.3, 0.4) is 0 Å². The quantitative estimate of drug-likeness (QED) is 0.668. The molecule has 0 unspecified atom stereocenters. The van der Waals surface area contributed by atoms with Crippen LogP contribution in [0.4, 0.5) is 0 Å². The lowest BCUT2D eigenvalue weighted by atomic mass is 9.97. The number of rotatable bonds is 6. The number of aryl methyl sites for hydroxylation is 3. The maximum absolute atomic E-state index is 12.9. The fourth-order valence-electron chi connectivity index (χ4n) is 3.67. The summed E-state index contributed by atoms with van der Waals surface area (Å²) in [4.78, 5) is 31.6. The fourth-order valence-corrected chi connectivity index (χ4v) is 4.89. The molecule has 0 radical (unpaired) electrons. The van der Waals surface area contributed by atoms with Crippen LogP contribution in [0.1, 0.15) is 35.3 Å². The molecule has 0 fully saturated rings. The van der Waals surface area contributed by atoms with Crippen molar-refractivity contribution in [3.8, 4) is 0 Å². The molecule has 0 saturated carbocycles.